The molecule has 3 fully saturated rings. The van der Waals surface area contributed by atoms with Gasteiger partial charge >= 0.3 is 0 Å². The Balaban J connectivity index is 1.58. The molecule has 0 radical (unpaired) electrons. The average molecular weight is 385 g/mol. The molecule has 150 valence electrons. The van der Waals surface area contributed by atoms with Gasteiger partial charge in [-0.05, 0) is 24.8 Å². The molecule has 4 rings (SSSR count). The summed E-state index contributed by atoms with van der Waals surface area (Å²) < 4.78 is 0. The lowest BCUT2D eigenvalue weighted by Crippen LogP contribution is -2.57. The van der Waals surface area contributed by atoms with Crippen molar-refractivity contribution in [2.24, 2.45) is 11.8 Å². The molecule has 7 nitrogen and oxygen atoms in total. The van der Waals surface area contributed by atoms with Gasteiger partial charge in [0.2, 0.25) is 17.7 Å². The molecule has 3 amide bonds. The van der Waals surface area contributed by atoms with Crippen LogP contribution in [0.1, 0.15) is 37.3 Å². The summed E-state index contributed by atoms with van der Waals surface area (Å²) in [6.07, 6.45) is 3.43. The van der Waals surface area contributed by atoms with E-state index in [4.69, 9.17) is 5.11 Å². The van der Waals surface area contributed by atoms with Crippen LogP contribution in [0, 0.1) is 11.8 Å². The number of aliphatic hydroxyl groups is 1. The summed E-state index contributed by atoms with van der Waals surface area (Å²) in [7, 11) is 0. The van der Waals surface area contributed by atoms with E-state index in [9.17, 15) is 14.4 Å². The molecular weight excluding hydrogens is 358 g/mol. The average Bonchev–Trinajstić information content (AvgIpc) is 3.05. The van der Waals surface area contributed by atoms with E-state index >= 15 is 0 Å². The van der Waals surface area contributed by atoms with Crippen LogP contribution in [-0.4, -0.2) is 64.9 Å². The van der Waals surface area contributed by atoms with Crippen LogP contribution in [0.5, 0.6) is 0 Å². The zero-order chi connectivity index (χ0) is 19.7. The zero-order valence-corrected chi connectivity index (χ0v) is 15.9. The van der Waals surface area contributed by atoms with Crippen molar-refractivity contribution < 1.29 is 19.5 Å². The van der Waals surface area contributed by atoms with E-state index in [0.717, 1.165) is 24.8 Å². The number of carbonyl (C=O) groups is 3. The van der Waals surface area contributed by atoms with Gasteiger partial charge in [-0.15, -0.1) is 0 Å². The lowest BCUT2D eigenvalue weighted by molar-refractivity contribution is -0.152. The largest absolute Gasteiger partial charge is 0.395 e. The van der Waals surface area contributed by atoms with Gasteiger partial charge in [0.25, 0.3) is 0 Å². The Morgan fingerprint density at radius 3 is 2.57 bits per heavy atom. The second kappa shape index (κ2) is 7.91. The molecule has 3 aliphatic rings. The Morgan fingerprint density at radius 2 is 1.93 bits per heavy atom. The predicted molar refractivity (Wildman–Crippen MR) is 102 cm³/mol. The predicted octanol–water partition coefficient (Wildman–Crippen LogP) is 0.696. The van der Waals surface area contributed by atoms with Crippen molar-refractivity contribution in [1.29, 1.82) is 0 Å². The normalized spacial score (nSPS) is 27.3. The fourth-order valence-corrected chi connectivity index (χ4v) is 4.73. The Morgan fingerprint density at radius 1 is 1.18 bits per heavy atom. The molecular formula is C21H27N3O4. The van der Waals surface area contributed by atoms with Gasteiger partial charge in [0, 0.05) is 19.0 Å². The van der Waals surface area contributed by atoms with Crippen LogP contribution in [0.2, 0.25) is 0 Å². The number of benzene rings is 1. The summed E-state index contributed by atoms with van der Waals surface area (Å²) in [5, 5.41) is 11.8. The third-order valence-corrected chi connectivity index (χ3v) is 6.30. The standard InChI is InChI=1S/C21H27N3O4/c25-10-9-22-20(27)17-11-16-12-23(21(28)15-7-4-8-15)13-18(26)24(16)19(17)14-5-2-1-3-6-14/h1-3,5-6,15-17,19,25H,4,7-13H2,(H,22,27)/t16-,17-,19-/m0/s1. The molecule has 0 unspecified atom stereocenters. The minimum Gasteiger partial charge on any atom is -0.395 e. The molecule has 7 heteroatoms. The highest BCUT2D eigenvalue weighted by Crippen LogP contribution is 2.43. The molecule has 2 heterocycles. The Kier molecular flexibility index (Phi) is 5.35. The number of hydrogen-bond acceptors (Lipinski definition) is 4. The fourth-order valence-electron chi connectivity index (χ4n) is 4.73. The smallest absolute Gasteiger partial charge is 0.243 e. The van der Waals surface area contributed by atoms with Crippen molar-refractivity contribution in [3.8, 4) is 0 Å². The number of nitrogens with zero attached hydrogens (tertiary/aromatic N) is 2. The highest BCUT2D eigenvalue weighted by Gasteiger charge is 2.51. The van der Waals surface area contributed by atoms with Gasteiger partial charge in [-0.25, -0.2) is 0 Å². The first-order valence-electron chi connectivity index (χ1n) is 10.1. The monoisotopic (exact) mass is 385 g/mol. The Labute approximate surface area is 164 Å². The van der Waals surface area contributed by atoms with Gasteiger partial charge in [-0.2, -0.15) is 0 Å². The molecule has 1 aliphatic carbocycles. The Bertz CT molecular complexity index is 749. The molecule has 1 saturated carbocycles. The summed E-state index contributed by atoms with van der Waals surface area (Å²) in [5.41, 5.74) is 0.932. The van der Waals surface area contributed by atoms with E-state index in [0.29, 0.717) is 13.0 Å². The summed E-state index contributed by atoms with van der Waals surface area (Å²) in [5.74, 6) is -0.475. The van der Waals surface area contributed by atoms with Crippen LogP contribution in [0.25, 0.3) is 0 Å². The number of aliphatic hydroxyl groups excluding tert-OH is 1. The van der Waals surface area contributed by atoms with E-state index in [-0.39, 0.29) is 61.3 Å². The first kappa shape index (κ1) is 18.9. The van der Waals surface area contributed by atoms with Crippen molar-refractivity contribution in [2.75, 3.05) is 26.2 Å². The number of carbonyl (C=O) groups excluding carboxylic acids is 3. The van der Waals surface area contributed by atoms with Crippen LogP contribution in [0.3, 0.4) is 0 Å². The number of rotatable bonds is 5. The molecule has 1 aromatic carbocycles. The van der Waals surface area contributed by atoms with Crippen molar-refractivity contribution in [2.45, 2.75) is 37.8 Å². The van der Waals surface area contributed by atoms with Crippen molar-refractivity contribution in [3.63, 3.8) is 0 Å². The highest BCUT2D eigenvalue weighted by molar-refractivity contribution is 5.89. The minimum atomic E-state index is -0.387. The molecule has 0 aromatic heterocycles. The van der Waals surface area contributed by atoms with E-state index in [2.05, 4.69) is 5.32 Å². The fraction of sp³-hybridized carbons (Fsp3) is 0.571. The summed E-state index contributed by atoms with van der Waals surface area (Å²) >= 11 is 0. The molecule has 2 N–H and O–H groups in total. The third-order valence-electron chi connectivity index (χ3n) is 6.30. The zero-order valence-electron chi connectivity index (χ0n) is 15.9. The third kappa shape index (κ3) is 3.39. The quantitative estimate of drug-likeness (QED) is 0.781. The van der Waals surface area contributed by atoms with Crippen LogP contribution >= 0.6 is 0 Å². The summed E-state index contributed by atoms with van der Waals surface area (Å²) in [4.78, 5) is 42.0. The molecule has 28 heavy (non-hydrogen) atoms. The second-order valence-corrected chi connectivity index (χ2v) is 8.01. The SMILES string of the molecule is O=C(NCCO)[C@H]1C[C@H]2CN(C(=O)C3CCC3)CC(=O)N2[C@H]1c1ccccc1. The number of hydrogen-bond donors (Lipinski definition) is 2. The Hall–Kier alpha value is -2.41. The lowest BCUT2D eigenvalue weighted by Gasteiger charge is -2.42. The van der Waals surface area contributed by atoms with E-state index in [1.807, 2.05) is 35.2 Å². The first-order chi connectivity index (χ1) is 13.6. The maximum atomic E-state index is 13.0. The topological polar surface area (TPSA) is 90.0 Å². The van der Waals surface area contributed by atoms with Gasteiger partial charge in [0.1, 0.15) is 0 Å². The van der Waals surface area contributed by atoms with E-state index in [1.54, 1.807) is 4.90 Å². The molecule has 0 spiro atoms. The van der Waals surface area contributed by atoms with Crippen molar-refractivity contribution in [3.05, 3.63) is 35.9 Å². The number of amides is 3. The van der Waals surface area contributed by atoms with Gasteiger partial charge < -0.3 is 20.2 Å². The highest BCUT2D eigenvalue weighted by atomic mass is 16.3. The number of nitrogens with one attached hydrogen (secondary N) is 1. The van der Waals surface area contributed by atoms with E-state index in [1.165, 1.54) is 0 Å². The summed E-state index contributed by atoms with van der Waals surface area (Å²) in [6, 6.07) is 9.13. The number of fused-ring (bicyclic) bond motifs is 1. The molecule has 1 aromatic rings. The van der Waals surface area contributed by atoms with Crippen molar-refractivity contribution >= 4 is 17.7 Å². The summed E-state index contributed by atoms with van der Waals surface area (Å²) in [6.45, 7) is 0.667. The molecule has 3 atom stereocenters. The second-order valence-electron chi connectivity index (χ2n) is 8.01. The van der Waals surface area contributed by atoms with Gasteiger partial charge in [0.05, 0.1) is 31.2 Å². The molecule has 2 saturated heterocycles. The van der Waals surface area contributed by atoms with Crippen molar-refractivity contribution in [1.82, 2.24) is 15.1 Å². The molecule has 0 bridgehead atoms. The van der Waals surface area contributed by atoms with Crippen LogP contribution in [0.15, 0.2) is 30.3 Å². The van der Waals surface area contributed by atoms with Gasteiger partial charge in [-0.3, -0.25) is 14.4 Å². The number of piperazine rings is 1. The van der Waals surface area contributed by atoms with Crippen LogP contribution in [-0.2, 0) is 14.4 Å². The maximum Gasteiger partial charge on any atom is 0.243 e. The first-order valence-corrected chi connectivity index (χ1v) is 10.1. The molecule has 2 aliphatic heterocycles. The van der Waals surface area contributed by atoms with Gasteiger partial charge in [0.15, 0.2) is 0 Å². The lowest BCUT2D eigenvalue weighted by atomic mass is 9.84. The van der Waals surface area contributed by atoms with E-state index < -0.39 is 0 Å². The van der Waals surface area contributed by atoms with Crippen LogP contribution < -0.4 is 5.32 Å². The minimum absolute atomic E-state index is 0.0642. The van der Waals surface area contributed by atoms with Gasteiger partial charge in [-0.1, -0.05) is 36.8 Å². The maximum absolute atomic E-state index is 13.0. The van der Waals surface area contributed by atoms with Crippen LogP contribution in [0.4, 0.5) is 0 Å².